The van der Waals surface area contributed by atoms with Gasteiger partial charge in [-0.1, -0.05) is 12.1 Å². The molecule has 0 N–H and O–H groups in total. The first-order chi connectivity index (χ1) is 12.5. The van der Waals surface area contributed by atoms with Gasteiger partial charge in [0.1, 0.15) is 0 Å². The molecule has 0 fully saturated rings. The molecule has 0 saturated carbocycles. The molecule has 5 heteroatoms. The molecule has 132 valence electrons. The van der Waals surface area contributed by atoms with Crippen molar-refractivity contribution in [3.05, 3.63) is 61.2 Å². The molecule has 3 rings (SSSR count). The zero-order valence-electron chi connectivity index (χ0n) is 15.0. The van der Waals surface area contributed by atoms with E-state index >= 15 is 0 Å². The third-order valence-electron chi connectivity index (χ3n) is 4.08. The number of aromatic nitrogens is 2. The minimum absolute atomic E-state index is 0.125. The molecule has 0 aliphatic carbocycles. The summed E-state index contributed by atoms with van der Waals surface area (Å²) in [5.74, 6) is -0.120. The molecule has 0 aliphatic rings. The van der Waals surface area contributed by atoms with E-state index in [1.807, 2.05) is 52.1 Å². The second-order valence-electron chi connectivity index (χ2n) is 6.23. The number of benzene rings is 1. The summed E-state index contributed by atoms with van der Waals surface area (Å²) in [6.07, 6.45) is 7.65. The topological polar surface area (TPSA) is 51.1 Å². The van der Waals surface area contributed by atoms with Gasteiger partial charge in [0, 0.05) is 30.5 Å². The van der Waals surface area contributed by atoms with Crippen molar-refractivity contribution in [2.75, 3.05) is 6.61 Å². The zero-order chi connectivity index (χ0) is 18.5. The summed E-state index contributed by atoms with van der Waals surface area (Å²) in [6, 6.07) is 12.2. The van der Waals surface area contributed by atoms with Crippen molar-refractivity contribution in [3.63, 3.8) is 0 Å². The summed E-state index contributed by atoms with van der Waals surface area (Å²) in [4.78, 5) is 22.9. The van der Waals surface area contributed by atoms with Crippen molar-refractivity contribution in [1.29, 1.82) is 0 Å². The quantitative estimate of drug-likeness (QED) is 0.506. The molecule has 0 bridgehead atoms. The van der Waals surface area contributed by atoms with Crippen molar-refractivity contribution in [1.82, 2.24) is 0 Å². The number of nitrogens with zero attached hydrogens (tertiary/aromatic N) is 2. The highest BCUT2D eigenvalue weighted by molar-refractivity contribution is 5.86. The fourth-order valence-corrected chi connectivity index (χ4v) is 2.88. The molecule has 0 atom stereocenters. The van der Waals surface area contributed by atoms with Gasteiger partial charge in [-0.25, -0.2) is 4.79 Å². The van der Waals surface area contributed by atoms with E-state index in [0.717, 1.165) is 21.9 Å². The Morgan fingerprint density at radius 2 is 1.62 bits per heavy atom. The Labute approximate surface area is 152 Å². The Morgan fingerprint density at radius 3 is 2.31 bits per heavy atom. The lowest BCUT2D eigenvalue weighted by Crippen LogP contribution is -2.37. The van der Waals surface area contributed by atoms with Gasteiger partial charge in [0.25, 0.3) is 0 Å². The Kier molecular flexibility index (Phi) is 5.37. The largest absolute Gasteiger partial charge is 0.461 e. The average molecular weight is 350 g/mol. The van der Waals surface area contributed by atoms with Crippen LogP contribution >= 0.6 is 0 Å². The number of hydrogen-bond donors (Lipinski definition) is 0. The number of fused-ring (bicyclic) bond motifs is 1. The maximum atomic E-state index is 11.7. The van der Waals surface area contributed by atoms with Gasteiger partial charge in [-0.05, 0) is 29.5 Å². The van der Waals surface area contributed by atoms with Crippen molar-refractivity contribution in [3.8, 4) is 11.1 Å². The number of pyridine rings is 2. The molecule has 0 radical (unpaired) electrons. The lowest BCUT2D eigenvalue weighted by atomic mass is 10.0. The predicted octanol–water partition coefficient (Wildman–Crippen LogP) is 2.23. The van der Waals surface area contributed by atoms with E-state index in [9.17, 15) is 9.59 Å². The molecule has 5 nitrogen and oxygen atoms in total. The van der Waals surface area contributed by atoms with Crippen LogP contribution in [0.1, 0.15) is 13.8 Å². The molecule has 0 spiro atoms. The highest BCUT2D eigenvalue weighted by Gasteiger charge is 2.12. The Bertz CT molecular complexity index is 949. The number of hydrogen-bond acceptors (Lipinski definition) is 3. The van der Waals surface area contributed by atoms with Crippen molar-refractivity contribution >= 4 is 22.5 Å². The first-order valence-electron chi connectivity index (χ1n) is 8.62. The highest BCUT2D eigenvalue weighted by Crippen LogP contribution is 2.22. The van der Waals surface area contributed by atoms with Crippen LogP contribution in [0.2, 0.25) is 0 Å². The number of carbonyl (C=O) groups is 2. The molecule has 3 aromatic rings. The van der Waals surface area contributed by atoms with Gasteiger partial charge in [-0.15, -0.1) is 0 Å². The summed E-state index contributed by atoms with van der Waals surface area (Å²) in [5.41, 5.74) is 2.16. The molecular weight excluding hydrogens is 328 g/mol. The molecule has 2 aromatic heterocycles. The monoisotopic (exact) mass is 350 g/mol. The molecular formula is C21H22N2O3+2. The Morgan fingerprint density at radius 1 is 0.885 bits per heavy atom. The van der Waals surface area contributed by atoms with Crippen LogP contribution in [0.25, 0.3) is 21.9 Å². The van der Waals surface area contributed by atoms with E-state index in [1.54, 1.807) is 13.8 Å². The van der Waals surface area contributed by atoms with Crippen LogP contribution in [-0.4, -0.2) is 18.4 Å². The van der Waals surface area contributed by atoms with E-state index in [2.05, 4.69) is 18.2 Å². The zero-order valence-corrected chi connectivity index (χ0v) is 15.0. The van der Waals surface area contributed by atoms with Gasteiger partial charge in [-0.3, -0.25) is 4.79 Å². The van der Waals surface area contributed by atoms with Gasteiger partial charge in [0.05, 0.1) is 6.61 Å². The van der Waals surface area contributed by atoms with Crippen LogP contribution in [0.3, 0.4) is 0 Å². The lowest BCUT2D eigenvalue weighted by molar-refractivity contribution is -0.684. The normalized spacial score (nSPS) is 10.7. The third kappa shape index (κ3) is 4.30. The second kappa shape index (κ2) is 7.87. The van der Waals surface area contributed by atoms with Gasteiger partial charge in [-0.2, -0.15) is 9.13 Å². The van der Waals surface area contributed by atoms with E-state index in [-0.39, 0.29) is 18.3 Å². The smallest absolute Gasteiger partial charge is 0.372 e. The highest BCUT2D eigenvalue weighted by atomic mass is 16.5. The van der Waals surface area contributed by atoms with Crippen molar-refractivity contribution in [2.24, 2.45) is 0 Å². The molecule has 0 saturated heterocycles. The SMILES string of the molecule is CCOC(=O)C[n+]1ccc2ccc(-c3cc[n+](CC(C)=O)cc3)cc2c1. The molecule has 2 heterocycles. The summed E-state index contributed by atoms with van der Waals surface area (Å²) in [5, 5.41) is 2.16. The summed E-state index contributed by atoms with van der Waals surface area (Å²) in [6.45, 7) is 4.34. The van der Waals surface area contributed by atoms with Gasteiger partial charge in [0.15, 0.2) is 30.6 Å². The van der Waals surface area contributed by atoms with Crippen LogP contribution < -0.4 is 9.13 Å². The van der Waals surface area contributed by atoms with E-state index < -0.39 is 0 Å². The molecule has 0 unspecified atom stereocenters. The standard InChI is InChI=1S/C21H22N2O3/c1-3-26-21(25)15-23-11-8-17-4-5-19(12-20(17)14-23)18-6-9-22(10-7-18)13-16(2)24/h4-12,14H,3,13,15H2,1-2H3/q+2. The summed E-state index contributed by atoms with van der Waals surface area (Å²) in [7, 11) is 0. The molecule has 1 aromatic carbocycles. The van der Waals surface area contributed by atoms with Crippen molar-refractivity contribution < 1.29 is 23.5 Å². The number of rotatable bonds is 6. The number of ketones is 1. The van der Waals surface area contributed by atoms with Crippen LogP contribution in [-0.2, 0) is 27.4 Å². The number of Topliss-reactive ketones (excluding diaryl/α,β-unsaturated/α-hetero) is 1. The van der Waals surface area contributed by atoms with Gasteiger partial charge >= 0.3 is 5.97 Å². The van der Waals surface area contributed by atoms with Crippen LogP contribution in [0.15, 0.2) is 61.2 Å². The molecule has 0 amide bonds. The van der Waals surface area contributed by atoms with E-state index in [4.69, 9.17) is 4.74 Å². The van der Waals surface area contributed by atoms with Crippen LogP contribution in [0.4, 0.5) is 0 Å². The predicted molar refractivity (Wildman–Crippen MR) is 97.1 cm³/mol. The van der Waals surface area contributed by atoms with E-state index in [1.165, 1.54) is 0 Å². The minimum Gasteiger partial charge on any atom is -0.461 e. The second-order valence-corrected chi connectivity index (χ2v) is 6.23. The fourth-order valence-electron chi connectivity index (χ4n) is 2.88. The van der Waals surface area contributed by atoms with E-state index in [0.29, 0.717) is 13.2 Å². The molecule has 0 aliphatic heterocycles. The minimum atomic E-state index is -0.244. The fraction of sp³-hybridized carbons (Fsp3) is 0.238. The average Bonchev–Trinajstić information content (AvgIpc) is 2.61. The third-order valence-corrected chi connectivity index (χ3v) is 4.08. The van der Waals surface area contributed by atoms with Crippen molar-refractivity contribution in [2.45, 2.75) is 26.9 Å². The Balaban J connectivity index is 1.87. The van der Waals surface area contributed by atoms with Gasteiger partial charge < -0.3 is 4.74 Å². The number of carbonyl (C=O) groups excluding carboxylic acids is 2. The number of esters is 1. The van der Waals surface area contributed by atoms with Crippen LogP contribution in [0.5, 0.6) is 0 Å². The maximum absolute atomic E-state index is 11.7. The van der Waals surface area contributed by atoms with Gasteiger partial charge in [0.2, 0.25) is 13.1 Å². The number of ether oxygens (including phenoxy) is 1. The molecule has 26 heavy (non-hydrogen) atoms. The lowest BCUT2D eigenvalue weighted by Gasteiger charge is -2.04. The Hall–Kier alpha value is -3.08. The maximum Gasteiger partial charge on any atom is 0.372 e. The summed E-state index contributed by atoms with van der Waals surface area (Å²) >= 11 is 0. The van der Waals surface area contributed by atoms with Crippen LogP contribution in [0, 0.1) is 0 Å². The summed E-state index contributed by atoms with van der Waals surface area (Å²) < 4.78 is 8.69. The first kappa shape index (κ1) is 17.7. The first-order valence-corrected chi connectivity index (χ1v) is 8.62.